The van der Waals surface area contributed by atoms with Gasteiger partial charge in [-0.1, -0.05) is 11.6 Å². The van der Waals surface area contributed by atoms with Crippen molar-refractivity contribution in [3.63, 3.8) is 0 Å². The van der Waals surface area contributed by atoms with Gasteiger partial charge in [-0.2, -0.15) is 18.4 Å². The lowest BCUT2D eigenvalue weighted by Crippen LogP contribution is -2.07. The highest BCUT2D eigenvalue weighted by atomic mass is 35.5. The number of benzene rings is 1. The third-order valence-corrected chi connectivity index (χ3v) is 2.93. The Morgan fingerprint density at radius 3 is 2.50 bits per heavy atom. The molecule has 1 aromatic carbocycles. The van der Waals surface area contributed by atoms with Crippen molar-refractivity contribution in [1.29, 1.82) is 5.26 Å². The van der Waals surface area contributed by atoms with Gasteiger partial charge in [0.2, 0.25) is 0 Å². The van der Waals surface area contributed by atoms with Gasteiger partial charge in [0.15, 0.2) is 5.69 Å². The molecule has 0 amide bonds. The summed E-state index contributed by atoms with van der Waals surface area (Å²) in [5.41, 5.74) is -1.04. The predicted octanol–water partition coefficient (Wildman–Crippen LogP) is 4.43. The Bertz CT molecular complexity index is 742. The van der Waals surface area contributed by atoms with Crippen LogP contribution in [0.1, 0.15) is 11.3 Å². The SMILES string of the molecule is COc1ccc(Oc2cnc(C#N)c(Cl)c2)c(C(F)(F)F)c1. The number of nitriles is 1. The molecule has 1 heterocycles. The van der Waals surface area contributed by atoms with Crippen LogP contribution in [0.3, 0.4) is 0 Å². The summed E-state index contributed by atoms with van der Waals surface area (Å²) in [6, 6.07) is 6.26. The van der Waals surface area contributed by atoms with Crippen molar-refractivity contribution in [3.8, 4) is 23.3 Å². The highest BCUT2D eigenvalue weighted by Crippen LogP contribution is 2.40. The molecule has 0 aliphatic rings. The second-order valence-corrected chi connectivity index (χ2v) is 4.48. The third kappa shape index (κ3) is 3.40. The average molecular weight is 329 g/mol. The molecule has 4 nitrogen and oxygen atoms in total. The van der Waals surface area contributed by atoms with Crippen LogP contribution in [0.2, 0.25) is 5.02 Å². The van der Waals surface area contributed by atoms with Crippen molar-refractivity contribution in [3.05, 3.63) is 46.7 Å². The number of alkyl halides is 3. The second kappa shape index (κ2) is 6.12. The van der Waals surface area contributed by atoms with E-state index in [9.17, 15) is 13.2 Å². The number of aromatic nitrogens is 1. The molecule has 0 aliphatic carbocycles. The van der Waals surface area contributed by atoms with Gasteiger partial charge in [-0.15, -0.1) is 0 Å². The second-order valence-electron chi connectivity index (χ2n) is 4.08. The van der Waals surface area contributed by atoms with Crippen LogP contribution in [0.5, 0.6) is 17.2 Å². The summed E-state index contributed by atoms with van der Waals surface area (Å²) in [6.45, 7) is 0. The molecule has 8 heteroatoms. The van der Waals surface area contributed by atoms with Crippen LogP contribution in [0.25, 0.3) is 0 Å². The van der Waals surface area contributed by atoms with Gasteiger partial charge in [0.1, 0.15) is 28.9 Å². The summed E-state index contributed by atoms with van der Waals surface area (Å²) >= 11 is 5.77. The Labute approximate surface area is 128 Å². The monoisotopic (exact) mass is 328 g/mol. The van der Waals surface area contributed by atoms with Crippen molar-refractivity contribution in [2.45, 2.75) is 6.18 Å². The van der Waals surface area contributed by atoms with Crippen LogP contribution in [0.15, 0.2) is 30.5 Å². The van der Waals surface area contributed by atoms with Crippen LogP contribution in [0, 0.1) is 11.3 Å². The van der Waals surface area contributed by atoms with Crippen LogP contribution in [0.4, 0.5) is 13.2 Å². The fourth-order valence-electron chi connectivity index (χ4n) is 1.63. The highest BCUT2D eigenvalue weighted by Gasteiger charge is 2.35. The van der Waals surface area contributed by atoms with Crippen LogP contribution in [-0.2, 0) is 6.18 Å². The molecule has 0 unspecified atom stereocenters. The summed E-state index contributed by atoms with van der Waals surface area (Å²) in [7, 11) is 1.26. The zero-order valence-corrected chi connectivity index (χ0v) is 11.9. The van der Waals surface area contributed by atoms with Gasteiger partial charge in [0.05, 0.1) is 18.3 Å². The molecule has 2 aromatic rings. The summed E-state index contributed by atoms with van der Waals surface area (Å²) in [4.78, 5) is 3.69. The minimum Gasteiger partial charge on any atom is -0.497 e. The Morgan fingerprint density at radius 2 is 1.95 bits per heavy atom. The van der Waals surface area contributed by atoms with E-state index in [1.807, 2.05) is 0 Å². The van der Waals surface area contributed by atoms with E-state index in [2.05, 4.69) is 4.98 Å². The fourth-order valence-corrected chi connectivity index (χ4v) is 1.83. The van der Waals surface area contributed by atoms with E-state index < -0.39 is 17.5 Å². The van der Waals surface area contributed by atoms with Gasteiger partial charge in [-0.25, -0.2) is 4.98 Å². The number of halogens is 4. The Kier molecular flexibility index (Phi) is 4.43. The molecule has 0 radical (unpaired) electrons. The maximum atomic E-state index is 13.0. The molecule has 0 atom stereocenters. The molecule has 0 aliphatic heterocycles. The summed E-state index contributed by atoms with van der Waals surface area (Å²) < 4.78 is 49.1. The molecule has 0 saturated heterocycles. The molecular formula is C14H8ClF3N2O2. The first-order valence-corrected chi connectivity index (χ1v) is 6.21. The number of hydrogen-bond donors (Lipinski definition) is 0. The van der Waals surface area contributed by atoms with Crippen LogP contribution < -0.4 is 9.47 Å². The number of methoxy groups -OCH3 is 1. The first-order valence-electron chi connectivity index (χ1n) is 5.84. The summed E-state index contributed by atoms with van der Waals surface area (Å²) in [5, 5.41) is 8.70. The zero-order valence-electron chi connectivity index (χ0n) is 11.1. The molecule has 2 rings (SSSR count). The van der Waals surface area contributed by atoms with Gasteiger partial charge in [0.25, 0.3) is 0 Å². The number of hydrogen-bond acceptors (Lipinski definition) is 4. The standard InChI is InChI=1S/C14H8ClF3N2O2/c1-21-8-2-3-13(10(4-8)14(16,17)18)22-9-5-11(15)12(6-19)20-7-9/h2-5,7H,1H3. The molecule has 22 heavy (non-hydrogen) atoms. The molecule has 0 fully saturated rings. The largest absolute Gasteiger partial charge is 0.497 e. The topological polar surface area (TPSA) is 55.1 Å². The number of ether oxygens (including phenoxy) is 2. The van der Waals surface area contributed by atoms with Crippen molar-refractivity contribution in [2.75, 3.05) is 7.11 Å². The van der Waals surface area contributed by atoms with Gasteiger partial charge in [-0.05, 0) is 18.2 Å². The number of pyridine rings is 1. The maximum absolute atomic E-state index is 13.0. The smallest absolute Gasteiger partial charge is 0.420 e. The molecule has 0 spiro atoms. The lowest BCUT2D eigenvalue weighted by Gasteiger charge is -2.14. The minimum atomic E-state index is -4.62. The Balaban J connectivity index is 2.41. The van der Waals surface area contributed by atoms with E-state index >= 15 is 0 Å². The first-order chi connectivity index (χ1) is 10.3. The summed E-state index contributed by atoms with van der Waals surface area (Å²) in [6.07, 6.45) is -3.50. The van der Waals surface area contributed by atoms with Crippen molar-refractivity contribution in [2.24, 2.45) is 0 Å². The lowest BCUT2D eigenvalue weighted by atomic mass is 10.2. The Morgan fingerprint density at radius 1 is 1.23 bits per heavy atom. The molecular weight excluding hydrogens is 321 g/mol. The Hall–Kier alpha value is -2.46. The minimum absolute atomic E-state index is 0.0120. The van der Waals surface area contributed by atoms with Crippen molar-refractivity contribution in [1.82, 2.24) is 4.98 Å². The van der Waals surface area contributed by atoms with Gasteiger partial charge in [0, 0.05) is 6.07 Å². The molecule has 0 saturated carbocycles. The van der Waals surface area contributed by atoms with Crippen molar-refractivity contribution < 1.29 is 22.6 Å². The van der Waals surface area contributed by atoms with E-state index in [0.29, 0.717) is 0 Å². The fraction of sp³-hybridized carbons (Fsp3) is 0.143. The van der Waals surface area contributed by atoms with Crippen LogP contribution in [-0.4, -0.2) is 12.1 Å². The predicted molar refractivity (Wildman–Crippen MR) is 72.0 cm³/mol. The van der Waals surface area contributed by atoms with Gasteiger partial charge < -0.3 is 9.47 Å². The highest BCUT2D eigenvalue weighted by molar-refractivity contribution is 6.31. The van der Waals surface area contributed by atoms with E-state index in [1.54, 1.807) is 6.07 Å². The third-order valence-electron chi connectivity index (χ3n) is 2.64. The molecule has 1 aromatic heterocycles. The van der Waals surface area contributed by atoms with E-state index in [0.717, 1.165) is 18.3 Å². The normalized spacial score (nSPS) is 10.9. The van der Waals surface area contributed by atoms with E-state index in [4.69, 9.17) is 26.3 Å². The van der Waals surface area contributed by atoms with E-state index in [1.165, 1.54) is 19.2 Å². The van der Waals surface area contributed by atoms with Gasteiger partial charge >= 0.3 is 6.18 Å². The van der Waals surface area contributed by atoms with Crippen LogP contribution >= 0.6 is 11.6 Å². The molecule has 114 valence electrons. The zero-order chi connectivity index (χ0) is 16.3. The average Bonchev–Trinajstić information content (AvgIpc) is 2.47. The van der Waals surface area contributed by atoms with E-state index in [-0.39, 0.29) is 22.2 Å². The van der Waals surface area contributed by atoms with Crippen molar-refractivity contribution >= 4 is 11.6 Å². The number of nitrogens with zero attached hydrogens (tertiary/aromatic N) is 2. The molecule has 0 bridgehead atoms. The quantitative estimate of drug-likeness (QED) is 0.836. The molecule has 0 N–H and O–H groups in total. The lowest BCUT2D eigenvalue weighted by molar-refractivity contribution is -0.138. The first kappa shape index (κ1) is 15.9. The number of rotatable bonds is 3. The summed E-state index contributed by atoms with van der Waals surface area (Å²) in [5.74, 6) is -0.383. The van der Waals surface area contributed by atoms with Gasteiger partial charge in [-0.3, -0.25) is 0 Å². The maximum Gasteiger partial charge on any atom is 0.420 e.